The highest BCUT2D eigenvalue weighted by molar-refractivity contribution is 7.99. The molecule has 1 N–H and O–H groups in total. The van der Waals surface area contributed by atoms with Crippen LogP contribution in [0.1, 0.15) is 11.3 Å². The molecule has 0 aliphatic heterocycles. The Morgan fingerprint density at radius 3 is 2.83 bits per heavy atom. The zero-order valence-corrected chi connectivity index (χ0v) is 10.6. The summed E-state index contributed by atoms with van der Waals surface area (Å²) < 4.78 is 0. The van der Waals surface area contributed by atoms with E-state index in [2.05, 4.69) is 15.0 Å². The van der Waals surface area contributed by atoms with Gasteiger partial charge in [0.05, 0.1) is 11.4 Å². The molecule has 0 aliphatic carbocycles. The number of nitrogens with one attached hydrogen (secondary N) is 1. The monoisotopic (exact) mass is 264 g/mol. The molecule has 0 bridgehead atoms. The lowest BCUT2D eigenvalue weighted by atomic mass is 10.2. The van der Waals surface area contributed by atoms with Gasteiger partial charge in [0.25, 0.3) is 5.56 Å². The number of pyridine rings is 1. The Kier molecular flexibility index (Phi) is 3.33. The highest BCUT2D eigenvalue weighted by atomic mass is 32.2. The fraction of sp³-hybridized carbons (Fsp3) is 0.273. The Hall–Kier alpha value is -1.89. The van der Waals surface area contributed by atoms with Crippen LogP contribution in [0, 0.1) is 13.8 Å². The van der Waals surface area contributed by atoms with Gasteiger partial charge in [0.2, 0.25) is 0 Å². The molecule has 0 fully saturated rings. The maximum atomic E-state index is 11.9. The quantitative estimate of drug-likeness (QED) is 0.607. The molecule has 6 nitrogen and oxygen atoms in total. The normalized spacial score (nSPS) is 10.8. The minimum absolute atomic E-state index is 0.231. The predicted octanol–water partition coefficient (Wildman–Crippen LogP) is -0.223. The van der Waals surface area contributed by atoms with Crippen molar-refractivity contribution in [1.29, 1.82) is 0 Å². The Morgan fingerprint density at radius 2 is 2.17 bits per heavy atom. The number of H-pyrrole nitrogens is 1. The lowest BCUT2D eigenvalue weighted by molar-refractivity contribution is -0.301. The van der Waals surface area contributed by atoms with Gasteiger partial charge in [0.15, 0.2) is 10.8 Å². The van der Waals surface area contributed by atoms with Crippen LogP contribution in [0.2, 0.25) is 0 Å². The van der Waals surface area contributed by atoms with Crippen molar-refractivity contribution in [3.05, 3.63) is 27.7 Å². The molecule has 0 aliphatic rings. The summed E-state index contributed by atoms with van der Waals surface area (Å²) in [6.07, 6.45) is 0. The van der Waals surface area contributed by atoms with Crippen LogP contribution in [-0.4, -0.2) is 26.7 Å². The van der Waals surface area contributed by atoms with Crippen molar-refractivity contribution in [2.24, 2.45) is 0 Å². The van der Waals surface area contributed by atoms with Gasteiger partial charge in [-0.1, -0.05) is 11.8 Å². The number of rotatable bonds is 3. The molecule has 0 saturated carbocycles. The standard InChI is InChI=1S/C11H11N3O3S/c1-5-3-6(2)12-9-8(5)10(17)14-11(13-9)18-4-7(15)16/h3H,4H2,1-2H3,(H,15,16)(H,12,13,14,17)/p-1. The van der Waals surface area contributed by atoms with Crippen LogP contribution in [0.4, 0.5) is 0 Å². The Bertz CT molecular complexity index is 681. The summed E-state index contributed by atoms with van der Waals surface area (Å²) in [5.74, 6) is -1.48. The topological polar surface area (TPSA) is 98.8 Å². The van der Waals surface area contributed by atoms with Crippen LogP contribution in [-0.2, 0) is 4.79 Å². The Labute approximate surface area is 106 Å². The molecule has 0 saturated heterocycles. The van der Waals surface area contributed by atoms with Crippen LogP contribution in [0.15, 0.2) is 16.0 Å². The molecule has 18 heavy (non-hydrogen) atoms. The molecule has 2 aromatic rings. The van der Waals surface area contributed by atoms with Crippen molar-refractivity contribution in [2.45, 2.75) is 19.0 Å². The van der Waals surface area contributed by atoms with E-state index in [4.69, 9.17) is 0 Å². The van der Waals surface area contributed by atoms with Gasteiger partial charge in [-0.25, -0.2) is 9.97 Å². The minimum Gasteiger partial charge on any atom is -0.549 e. The second-order valence-electron chi connectivity index (χ2n) is 3.81. The van der Waals surface area contributed by atoms with Crippen molar-refractivity contribution in [2.75, 3.05) is 5.75 Å². The van der Waals surface area contributed by atoms with E-state index in [9.17, 15) is 14.7 Å². The lowest BCUT2D eigenvalue weighted by Gasteiger charge is -2.05. The van der Waals surface area contributed by atoms with E-state index >= 15 is 0 Å². The highest BCUT2D eigenvalue weighted by Crippen LogP contribution is 2.16. The smallest absolute Gasteiger partial charge is 0.261 e. The first-order chi connectivity index (χ1) is 8.47. The van der Waals surface area contributed by atoms with Crippen LogP contribution in [0.3, 0.4) is 0 Å². The number of nitrogens with zero attached hydrogens (tertiary/aromatic N) is 2. The number of aryl methyl sites for hydroxylation is 2. The van der Waals surface area contributed by atoms with Crippen molar-refractivity contribution in [1.82, 2.24) is 15.0 Å². The largest absolute Gasteiger partial charge is 0.549 e. The molecule has 0 aromatic carbocycles. The Morgan fingerprint density at radius 1 is 1.44 bits per heavy atom. The maximum absolute atomic E-state index is 11.9. The molecule has 0 unspecified atom stereocenters. The van der Waals surface area contributed by atoms with Crippen LogP contribution < -0.4 is 10.7 Å². The number of aromatic nitrogens is 3. The van der Waals surface area contributed by atoms with Gasteiger partial charge in [0.1, 0.15) is 0 Å². The van der Waals surface area contributed by atoms with Gasteiger partial charge >= 0.3 is 0 Å². The van der Waals surface area contributed by atoms with Gasteiger partial charge in [-0.2, -0.15) is 0 Å². The second kappa shape index (κ2) is 4.77. The van der Waals surface area contributed by atoms with Gasteiger partial charge in [-0.05, 0) is 25.5 Å². The number of thioether (sulfide) groups is 1. The molecule has 0 amide bonds. The van der Waals surface area contributed by atoms with E-state index < -0.39 is 5.97 Å². The van der Waals surface area contributed by atoms with Crippen LogP contribution in [0.25, 0.3) is 11.0 Å². The third-order valence-electron chi connectivity index (χ3n) is 2.31. The molecule has 2 aromatic heterocycles. The zero-order chi connectivity index (χ0) is 13.3. The minimum atomic E-state index is -1.21. The number of carboxylic acids is 1. The third kappa shape index (κ3) is 2.51. The van der Waals surface area contributed by atoms with Gasteiger partial charge in [-0.3, -0.25) is 4.79 Å². The number of carbonyl (C=O) groups excluding carboxylic acids is 1. The summed E-state index contributed by atoms with van der Waals surface area (Å²) >= 11 is 0.901. The SMILES string of the molecule is Cc1cc(C)c2c(=O)[nH]c(SCC(=O)[O-])nc2n1. The summed E-state index contributed by atoms with van der Waals surface area (Å²) in [6, 6.07) is 1.80. The first-order valence-electron chi connectivity index (χ1n) is 5.18. The molecular weight excluding hydrogens is 254 g/mol. The van der Waals surface area contributed by atoms with Crippen molar-refractivity contribution in [3.63, 3.8) is 0 Å². The molecule has 0 atom stereocenters. The summed E-state index contributed by atoms with van der Waals surface area (Å²) in [5.41, 5.74) is 1.57. The average Bonchev–Trinajstić information content (AvgIpc) is 2.24. The molecule has 2 rings (SSSR count). The summed E-state index contributed by atoms with van der Waals surface area (Å²) in [6.45, 7) is 3.62. The van der Waals surface area contributed by atoms with Crippen molar-refractivity contribution < 1.29 is 9.90 Å². The van der Waals surface area contributed by atoms with Crippen LogP contribution in [0.5, 0.6) is 0 Å². The van der Waals surface area contributed by atoms with Gasteiger partial charge in [0, 0.05) is 11.4 Å². The number of carboxylic acid groups (broad SMARTS) is 1. The lowest BCUT2D eigenvalue weighted by Crippen LogP contribution is -2.24. The van der Waals surface area contributed by atoms with Gasteiger partial charge < -0.3 is 14.9 Å². The fourth-order valence-electron chi connectivity index (χ4n) is 1.66. The highest BCUT2D eigenvalue weighted by Gasteiger charge is 2.08. The number of aliphatic carboxylic acids is 1. The van der Waals surface area contributed by atoms with Gasteiger partial charge in [-0.15, -0.1) is 0 Å². The van der Waals surface area contributed by atoms with Crippen LogP contribution >= 0.6 is 11.8 Å². The van der Waals surface area contributed by atoms with E-state index in [1.54, 1.807) is 6.07 Å². The molecule has 94 valence electrons. The number of hydrogen-bond donors (Lipinski definition) is 1. The van der Waals surface area contributed by atoms with E-state index in [-0.39, 0.29) is 16.5 Å². The van der Waals surface area contributed by atoms with E-state index in [0.717, 1.165) is 23.0 Å². The number of fused-ring (bicyclic) bond motifs is 1. The third-order valence-corrected chi connectivity index (χ3v) is 3.15. The number of aromatic amines is 1. The molecule has 2 heterocycles. The van der Waals surface area contributed by atoms with E-state index in [0.29, 0.717) is 11.0 Å². The van der Waals surface area contributed by atoms with E-state index in [1.165, 1.54) is 0 Å². The average molecular weight is 264 g/mol. The summed E-state index contributed by atoms with van der Waals surface area (Å²) in [4.78, 5) is 33.1. The molecule has 0 spiro atoms. The predicted molar refractivity (Wildman–Crippen MR) is 65.4 cm³/mol. The summed E-state index contributed by atoms with van der Waals surface area (Å²) in [5, 5.41) is 11.0. The van der Waals surface area contributed by atoms with Crippen molar-refractivity contribution >= 4 is 28.8 Å². The molecular formula is C11H10N3O3S-. The number of hydrogen-bond acceptors (Lipinski definition) is 6. The maximum Gasteiger partial charge on any atom is 0.261 e. The molecule has 7 heteroatoms. The second-order valence-corrected chi connectivity index (χ2v) is 4.77. The van der Waals surface area contributed by atoms with Crippen molar-refractivity contribution in [3.8, 4) is 0 Å². The summed E-state index contributed by atoms with van der Waals surface area (Å²) in [7, 11) is 0. The Balaban J connectivity index is 2.55. The first kappa shape index (κ1) is 12.6. The fourth-order valence-corrected chi connectivity index (χ4v) is 2.23. The molecule has 0 radical (unpaired) electrons. The number of carbonyl (C=O) groups is 1. The van der Waals surface area contributed by atoms with E-state index in [1.807, 2.05) is 13.8 Å². The first-order valence-corrected chi connectivity index (χ1v) is 6.17. The zero-order valence-electron chi connectivity index (χ0n) is 9.81.